The van der Waals surface area contributed by atoms with Gasteiger partial charge in [-0.15, -0.1) is 0 Å². The molecule has 1 heterocycles. The first-order valence-electron chi connectivity index (χ1n) is 8.11. The molecule has 0 radical (unpaired) electrons. The summed E-state index contributed by atoms with van der Waals surface area (Å²) < 4.78 is 5.25. The van der Waals surface area contributed by atoms with E-state index < -0.39 is 5.97 Å². The summed E-state index contributed by atoms with van der Waals surface area (Å²) in [5.41, 5.74) is 0. The first kappa shape index (κ1) is 15.8. The second-order valence-corrected chi connectivity index (χ2v) is 6.58. The van der Waals surface area contributed by atoms with Crippen LogP contribution in [-0.2, 0) is 9.53 Å². The van der Waals surface area contributed by atoms with Gasteiger partial charge >= 0.3 is 5.97 Å². The van der Waals surface area contributed by atoms with Crippen molar-refractivity contribution < 1.29 is 14.6 Å². The molecule has 4 atom stereocenters. The van der Waals surface area contributed by atoms with Crippen molar-refractivity contribution in [2.75, 3.05) is 26.8 Å². The molecule has 0 amide bonds. The van der Waals surface area contributed by atoms with Crippen molar-refractivity contribution in [1.29, 1.82) is 0 Å². The van der Waals surface area contributed by atoms with Gasteiger partial charge in [0.05, 0.1) is 12.5 Å². The van der Waals surface area contributed by atoms with Crippen LogP contribution >= 0.6 is 0 Å². The lowest BCUT2D eigenvalue weighted by atomic mass is 9.76. The average molecular weight is 283 g/mol. The van der Waals surface area contributed by atoms with Crippen molar-refractivity contribution in [3.63, 3.8) is 0 Å². The summed E-state index contributed by atoms with van der Waals surface area (Å²) in [5, 5.41) is 9.50. The Kier molecular flexibility index (Phi) is 5.85. The van der Waals surface area contributed by atoms with Gasteiger partial charge in [-0.25, -0.2) is 0 Å². The highest BCUT2D eigenvalue weighted by atomic mass is 16.5. The van der Waals surface area contributed by atoms with Gasteiger partial charge in [-0.3, -0.25) is 9.69 Å². The number of carbonyl (C=O) groups is 1. The van der Waals surface area contributed by atoms with Gasteiger partial charge < -0.3 is 9.84 Å². The lowest BCUT2D eigenvalue weighted by molar-refractivity contribution is -0.146. The summed E-state index contributed by atoms with van der Waals surface area (Å²) in [7, 11) is 1.75. The van der Waals surface area contributed by atoms with E-state index in [4.69, 9.17) is 4.74 Å². The largest absolute Gasteiger partial charge is 0.481 e. The number of likely N-dealkylation sites (tertiary alicyclic amines) is 1. The summed E-state index contributed by atoms with van der Waals surface area (Å²) in [4.78, 5) is 14.0. The number of aliphatic carboxylic acids is 1. The number of nitrogens with zero attached hydrogens (tertiary/aromatic N) is 1. The van der Waals surface area contributed by atoms with Crippen LogP contribution in [0, 0.1) is 17.8 Å². The van der Waals surface area contributed by atoms with Gasteiger partial charge in [0.2, 0.25) is 0 Å². The van der Waals surface area contributed by atoms with Gasteiger partial charge in [0, 0.05) is 19.7 Å². The number of hydrogen-bond acceptors (Lipinski definition) is 3. The Bertz CT molecular complexity index is 321. The summed E-state index contributed by atoms with van der Waals surface area (Å²) in [6.45, 7) is 5.09. The molecule has 20 heavy (non-hydrogen) atoms. The topological polar surface area (TPSA) is 49.8 Å². The Balaban J connectivity index is 1.98. The van der Waals surface area contributed by atoms with Crippen LogP contribution in [0.2, 0.25) is 0 Å². The molecule has 2 rings (SSSR count). The van der Waals surface area contributed by atoms with E-state index in [0.717, 1.165) is 51.3 Å². The lowest BCUT2D eigenvalue weighted by Crippen LogP contribution is -2.46. The van der Waals surface area contributed by atoms with Crippen molar-refractivity contribution in [3.8, 4) is 0 Å². The fourth-order valence-corrected chi connectivity index (χ4v) is 4.13. The predicted octanol–water partition coefficient (Wildman–Crippen LogP) is 2.62. The predicted molar refractivity (Wildman–Crippen MR) is 78.7 cm³/mol. The molecule has 1 aliphatic carbocycles. The lowest BCUT2D eigenvalue weighted by Gasteiger charge is -2.39. The third kappa shape index (κ3) is 3.73. The summed E-state index contributed by atoms with van der Waals surface area (Å²) in [6.07, 6.45) is 6.63. The summed E-state index contributed by atoms with van der Waals surface area (Å²) in [6, 6.07) is 0.250. The first-order chi connectivity index (χ1) is 9.65. The van der Waals surface area contributed by atoms with Crippen LogP contribution in [-0.4, -0.2) is 48.8 Å². The number of carboxylic acids is 1. The van der Waals surface area contributed by atoms with E-state index in [0.29, 0.717) is 5.92 Å². The van der Waals surface area contributed by atoms with E-state index >= 15 is 0 Å². The van der Waals surface area contributed by atoms with Gasteiger partial charge in [0.1, 0.15) is 0 Å². The van der Waals surface area contributed by atoms with Gasteiger partial charge in [-0.2, -0.15) is 0 Å². The Morgan fingerprint density at radius 2 is 2.10 bits per heavy atom. The standard InChI is InChI=1S/C16H29NO3/c1-3-4-12-5-6-14(16(18)19)15(9-12)17-8-7-13(10-17)11-20-2/h12-15H,3-11H2,1-2H3,(H,18,19). The molecule has 116 valence electrons. The van der Waals surface area contributed by atoms with Crippen LogP contribution in [0.3, 0.4) is 0 Å². The van der Waals surface area contributed by atoms with Crippen LogP contribution in [0.25, 0.3) is 0 Å². The van der Waals surface area contributed by atoms with Gasteiger partial charge in [-0.05, 0) is 44.1 Å². The molecule has 1 aliphatic heterocycles. The molecule has 2 aliphatic rings. The van der Waals surface area contributed by atoms with Crippen molar-refractivity contribution >= 4 is 5.97 Å². The zero-order chi connectivity index (χ0) is 14.5. The van der Waals surface area contributed by atoms with E-state index in [9.17, 15) is 9.90 Å². The number of rotatable bonds is 6. The number of methoxy groups -OCH3 is 1. The third-order valence-electron chi connectivity index (χ3n) is 5.13. The Labute approximate surface area is 122 Å². The summed E-state index contributed by atoms with van der Waals surface area (Å²) in [5.74, 6) is 0.549. The van der Waals surface area contributed by atoms with Crippen molar-refractivity contribution in [3.05, 3.63) is 0 Å². The van der Waals surface area contributed by atoms with Gasteiger partial charge in [-0.1, -0.05) is 19.8 Å². The van der Waals surface area contributed by atoms with Gasteiger partial charge in [0.25, 0.3) is 0 Å². The SMILES string of the molecule is CCCC1CCC(C(=O)O)C(N2CCC(COC)C2)C1. The quantitative estimate of drug-likeness (QED) is 0.814. The van der Waals surface area contributed by atoms with Crippen LogP contribution in [0.15, 0.2) is 0 Å². The second kappa shape index (κ2) is 7.41. The highest BCUT2D eigenvalue weighted by molar-refractivity contribution is 5.71. The normalized spacial score (nSPS) is 35.3. The molecule has 0 aromatic carbocycles. The Hall–Kier alpha value is -0.610. The molecule has 4 nitrogen and oxygen atoms in total. The van der Waals surface area contributed by atoms with Crippen molar-refractivity contribution in [2.24, 2.45) is 17.8 Å². The molecule has 0 bridgehead atoms. The zero-order valence-electron chi connectivity index (χ0n) is 12.9. The molecule has 4 heteroatoms. The Morgan fingerprint density at radius 1 is 1.30 bits per heavy atom. The van der Waals surface area contributed by atoms with E-state index in [1.165, 1.54) is 12.8 Å². The maximum absolute atomic E-state index is 11.5. The van der Waals surface area contributed by atoms with Crippen molar-refractivity contribution in [2.45, 2.75) is 51.5 Å². The maximum Gasteiger partial charge on any atom is 0.308 e. The molecule has 2 fully saturated rings. The molecule has 0 spiro atoms. The smallest absolute Gasteiger partial charge is 0.308 e. The highest BCUT2D eigenvalue weighted by Gasteiger charge is 2.40. The monoisotopic (exact) mass is 283 g/mol. The molecule has 0 aromatic rings. The minimum absolute atomic E-state index is 0.163. The molecular formula is C16H29NO3. The highest BCUT2D eigenvalue weighted by Crippen LogP contribution is 2.37. The second-order valence-electron chi connectivity index (χ2n) is 6.58. The minimum atomic E-state index is -0.597. The van der Waals surface area contributed by atoms with Crippen LogP contribution in [0.5, 0.6) is 0 Å². The van der Waals surface area contributed by atoms with E-state index in [-0.39, 0.29) is 12.0 Å². The zero-order valence-corrected chi connectivity index (χ0v) is 12.9. The summed E-state index contributed by atoms with van der Waals surface area (Å²) >= 11 is 0. The molecular weight excluding hydrogens is 254 g/mol. The number of carboxylic acid groups (broad SMARTS) is 1. The van der Waals surface area contributed by atoms with E-state index in [2.05, 4.69) is 11.8 Å². The fraction of sp³-hybridized carbons (Fsp3) is 0.938. The molecule has 0 aromatic heterocycles. The maximum atomic E-state index is 11.5. The fourth-order valence-electron chi connectivity index (χ4n) is 4.13. The third-order valence-corrected chi connectivity index (χ3v) is 5.13. The van der Waals surface area contributed by atoms with Gasteiger partial charge in [0.15, 0.2) is 0 Å². The van der Waals surface area contributed by atoms with E-state index in [1.807, 2.05) is 0 Å². The van der Waals surface area contributed by atoms with Crippen LogP contribution in [0.1, 0.15) is 45.4 Å². The van der Waals surface area contributed by atoms with Crippen LogP contribution in [0.4, 0.5) is 0 Å². The molecule has 4 unspecified atom stereocenters. The molecule has 1 N–H and O–H groups in total. The number of ether oxygens (including phenoxy) is 1. The first-order valence-corrected chi connectivity index (χ1v) is 8.11. The number of hydrogen-bond donors (Lipinski definition) is 1. The average Bonchev–Trinajstić information content (AvgIpc) is 2.88. The van der Waals surface area contributed by atoms with Crippen molar-refractivity contribution in [1.82, 2.24) is 4.90 Å². The van der Waals surface area contributed by atoms with E-state index in [1.54, 1.807) is 7.11 Å². The molecule has 1 saturated carbocycles. The molecule has 1 saturated heterocycles. The minimum Gasteiger partial charge on any atom is -0.481 e. The Morgan fingerprint density at radius 3 is 2.75 bits per heavy atom. The van der Waals surface area contributed by atoms with Crippen LogP contribution < -0.4 is 0 Å².